The van der Waals surface area contributed by atoms with Gasteiger partial charge in [0.05, 0.1) is 0 Å². The topological polar surface area (TPSA) is 12.0 Å². The lowest BCUT2D eigenvalue weighted by molar-refractivity contribution is 0.230. The molecule has 1 aliphatic heterocycles. The predicted octanol–water partition coefficient (Wildman–Crippen LogP) is 4.99. The van der Waals surface area contributed by atoms with Gasteiger partial charge in [0.1, 0.15) is 0 Å². The van der Waals surface area contributed by atoms with Crippen molar-refractivity contribution < 1.29 is 0 Å². The van der Waals surface area contributed by atoms with Crippen LogP contribution in [-0.2, 0) is 0 Å². The van der Waals surface area contributed by atoms with Crippen molar-refractivity contribution in [1.29, 1.82) is 0 Å². The van der Waals surface area contributed by atoms with Crippen molar-refractivity contribution in [1.82, 2.24) is 5.32 Å². The molecule has 2 aliphatic rings. The standard InChI is InChI=1S/C16H21BrClN/c17-16-9-12(18)5-6-14(16)13-7-8-19-10-15(13)11-3-1-2-4-11/h5-6,9,11,13,15,19H,1-4,7-8,10H2. The van der Waals surface area contributed by atoms with Gasteiger partial charge >= 0.3 is 0 Å². The highest BCUT2D eigenvalue weighted by atomic mass is 79.9. The average Bonchev–Trinajstić information content (AvgIpc) is 2.93. The molecule has 3 heteroatoms. The fourth-order valence-electron chi connectivity index (χ4n) is 3.95. The summed E-state index contributed by atoms with van der Waals surface area (Å²) in [5, 5.41) is 4.42. The van der Waals surface area contributed by atoms with Gasteiger partial charge in [-0.1, -0.05) is 59.3 Å². The maximum Gasteiger partial charge on any atom is 0.0417 e. The van der Waals surface area contributed by atoms with Crippen molar-refractivity contribution in [3.05, 3.63) is 33.3 Å². The summed E-state index contributed by atoms with van der Waals surface area (Å²) in [7, 11) is 0. The Morgan fingerprint density at radius 2 is 1.95 bits per heavy atom. The number of halogens is 2. The van der Waals surface area contributed by atoms with Gasteiger partial charge in [0, 0.05) is 9.50 Å². The SMILES string of the molecule is Clc1ccc(C2CCNCC2C2CCCC2)c(Br)c1. The molecule has 2 unspecified atom stereocenters. The molecule has 1 aromatic rings. The lowest BCUT2D eigenvalue weighted by atomic mass is 9.73. The van der Waals surface area contributed by atoms with Gasteiger partial charge in [-0.15, -0.1) is 0 Å². The molecule has 1 nitrogen and oxygen atoms in total. The van der Waals surface area contributed by atoms with Crippen molar-refractivity contribution in [2.75, 3.05) is 13.1 Å². The zero-order valence-corrected chi connectivity index (χ0v) is 13.5. The highest BCUT2D eigenvalue weighted by Crippen LogP contribution is 2.44. The second-order valence-electron chi connectivity index (χ2n) is 5.97. The molecule has 0 spiro atoms. The number of hydrogen-bond donors (Lipinski definition) is 1. The first kappa shape index (κ1) is 13.9. The summed E-state index contributed by atoms with van der Waals surface area (Å²) in [6, 6.07) is 6.31. The first-order valence-electron chi connectivity index (χ1n) is 7.41. The normalized spacial score (nSPS) is 28.7. The molecule has 0 aromatic heterocycles. The third-order valence-electron chi connectivity index (χ3n) is 4.90. The third-order valence-corrected chi connectivity index (χ3v) is 5.82. The fraction of sp³-hybridized carbons (Fsp3) is 0.625. The minimum atomic E-state index is 0.691. The van der Waals surface area contributed by atoms with E-state index in [2.05, 4.69) is 27.3 Å². The molecule has 0 amide bonds. The molecular weight excluding hydrogens is 322 g/mol. The monoisotopic (exact) mass is 341 g/mol. The van der Waals surface area contributed by atoms with E-state index in [0.717, 1.165) is 23.4 Å². The zero-order chi connectivity index (χ0) is 13.2. The maximum absolute atomic E-state index is 6.08. The molecule has 1 aromatic carbocycles. The van der Waals surface area contributed by atoms with Gasteiger partial charge in [-0.3, -0.25) is 0 Å². The molecule has 1 aliphatic carbocycles. The Morgan fingerprint density at radius 1 is 1.16 bits per heavy atom. The Kier molecular flexibility index (Phi) is 4.51. The lowest BCUT2D eigenvalue weighted by Crippen LogP contribution is -2.38. The van der Waals surface area contributed by atoms with Crippen molar-refractivity contribution in [2.45, 2.75) is 38.0 Å². The van der Waals surface area contributed by atoms with Crippen LogP contribution in [0.1, 0.15) is 43.6 Å². The van der Waals surface area contributed by atoms with Crippen LogP contribution in [0.4, 0.5) is 0 Å². The summed E-state index contributed by atoms with van der Waals surface area (Å²) in [6.07, 6.45) is 6.95. The Hall–Kier alpha value is -0.0500. The van der Waals surface area contributed by atoms with E-state index in [4.69, 9.17) is 11.6 Å². The second kappa shape index (κ2) is 6.15. The zero-order valence-electron chi connectivity index (χ0n) is 11.2. The Balaban J connectivity index is 1.86. The van der Waals surface area contributed by atoms with Gasteiger partial charge < -0.3 is 5.32 Å². The summed E-state index contributed by atoms with van der Waals surface area (Å²) in [5.74, 6) is 2.41. The first-order chi connectivity index (χ1) is 9.25. The van der Waals surface area contributed by atoms with Crippen LogP contribution in [0.5, 0.6) is 0 Å². The molecule has 0 bridgehead atoms. The number of hydrogen-bond acceptors (Lipinski definition) is 1. The molecule has 2 fully saturated rings. The molecule has 104 valence electrons. The summed E-state index contributed by atoms with van der Waals surface area (Å²) < 4.78 is 1.19. The van der Waals surface area contributed by atoms with E-state index in [-0.39, 0.29) is 0 Å². The number of rotatable bonds is 2. The summed E-state index contributed by atoms with van der Waals surface area (Å²) in [6.45, 7) is 2.33. The van der Waals surface area contributed by atoms with Gasteiger partial charge in [0.15, 0.2) is 0 Å². The molecular formula is C16H21BrClN. The highest BCUT2D eigenvalue weighted by molar-refractivity contribution is 9.10. The van der Waals surface area contributed by atoms with Crippen LogP contribution < -0.4 is 5.32 Å². The van der Waals surface area contributed by atoms with Gasteiger partial charge in [0.25, 0.3) is 0 Å². The van der Waals surface area contributed by atoms with E-state index in [0.29, 0.717) is 5.92 Å². The third kappa shape index (κ3) is 3.01. The molecule has 1 saturated heterocycles. The van der Waals surface area contributed by atoms with Crippen LogP contribution in [-0.4, -0.2) is 13.1 Å². The van der Waals surface area contributed by atoms with E-state index < -0.39 is 0 Å². The van der Waals surface area contributed by atoms with Gasteiger partial charge in [-0.05, 0) is 55.0 Å². The van der Waals surface area contributed by atoms with Crippen molar-refractivity contribution in [3.63, 3.8) is 0 Å². The highest BCUT2D eigenvalue weighted by Gasteiger charge is 2.34. The van der Waals surface area contributed by atoms with E-state index in [1.807, 2.05) is 12.1 Å². The van der Waals surface area contributed by atoms with Crippen molar-refractivity contribution in [3.8, 4) is 0 Å². The van der Waals surface area contributed by atoms with Crippen LogP contribution in [0, 0.1) is 11.8 Å². The van der Waals surface area contributed by atoms with Crippen LogP contribution >= 0.6 is 27.5 Å². The largest absolute Gasteiger partial charge is 0.316 e. The quantitative estimate of drug-likeness (QED) is 0.798. The summed E-state index contributed by atoms with van der Waals surface area (Å²) >= 11 is 9.79. The molecule has 1 saturated carbocycles. The predicted molar refractivity (Wildman–Crippen MR) is 84.8 cm³/mol. The number of piperidine rings is 1. The van der Waals surface area contributed by atoms with Gasteiger partial charge in [-0.25, -0.2) is 0 Å². The molecule has 19 heavy (non-hydrogen) atoms. The van der Waals surface area contributed by atoms with E-state index in [1.165, 1.54) is 48.7 Å². The van der Waals surface area contributed by atoms with E-state index in [1.54, 1.807) is 0 Å². The van der Waals surface area contributed by atoms with Crippen molar-refractivity contribution >= 4 is 27.5 Å². The fourth-order valence-corrected chi connectivity index (χ4v) is 4.93. The Morgan fingerprint density at radius 3 is 2.68 bits per heavy atom. The van der Waals surface area contributed by atoms with E-state index >= 15 is 0 Å². The number of nitrogens with one attached hydrogen (secondary N) is 1. The van der Waals surface area contributed by atoms with Gasteiger partial charge in [-0.2, -0.15) is 0 Å². The number of benzene rings is 1. The summed E-state index contributed by atoms with van der Waals surface area (Å²) in [4.78, 5) is 0. The Bertz CT molecular complexity index is 442. The minimum absolute atomic E-state index is 0.691. The minimum Gasteiger partial charge on any atom is -0.316 e. The van der Waals surface area contributed by atoms with Crippen LogP contribution in [0.25, 0.3) is 0 Å². The molecule has 2 atom stereocenters. The van der Waals surface area contributed by atoms with Crippen LogP contribution in [0.2, 0.25) is 5.02 Å². The smallest absolute Gasteiger partial charge is 0.0417 e. The second-order valence-corrected chi connectivity index (χ2v) is 7.26. The van der Waals surface area contributed by atoms with Gasteiger partial charge in [0.2, 0.25) is 0 Å². The Labute approximate surface area is 129 Å². The maximum atomic E-state index is 6.08. The molecule has 1 heterocycles. The van der Waals surface area contributed by atoms with Crippen molar-refractivity contribution in [2.24, 2.45) is 11.8 Å². The van der Waals surface area contributed by atoms with Crippen LogP contribution in [0.3, 0.4) is 0 Å². The van der Waals surface area contributed by atoms with Crippen LogP contribution in [0.15, 0.2) is 22.7 Å². The molecule has 3 rings (SSSR count). The van der Waals surface area contributed by atoms with E-state index in [9.17, 15) is 0 Å². The first-order valence-corrected chi connectivity index (χ1v) is 8.58. The molecule has 0 radical (unpaired) electrons. The molecule has 1 N–H and O–H groups in total. The summed E-state index contributed by atoms with van der Waals surface area (Å²) in [5.41, 5.74) is 1.46. The lowest BCUT2D eigenvalue weighted by Gasteiger charge is -2.37. The average molecular weight is 343 g/mol.